The number of aryl methyl sites for hydroxylation is 1. The maximum absolute atomic E-state index is 13.2. The average Bonchev–Trinajstić information content (AvgIpc) is 2.73. The van der Waals surface area contributed by atoms with Crippen molar-refractivity contribution >= 4 is 5.82 Å². The normalized spacial score (nSPS) is 17.8. The molecule has 0 amide bonds. The van der Waals surface area contributed by atoms with E-state index in [0.717, 1.165) is 24.2 Å². The second-order valence-corrected chi connectivity index (χ2v) is 4.29. The van der Waals surface area contributed by atoms with Crippen LogP contribution >= 0.6 is 0 Å². The van der Waals surface area contributed by atoms with E-state index in [-0.39, 0.29) is 11.9 Å². The first-order valence-electron chi connectivity index (χ1n) is 5.79. The largest absolute Gasteiger partial charge is 0.363 e. The van der Waals surface area contributed by atoms with Crippen molar-refractivity contribution in [2.24, 2.45) is 0 Å². The minimum Gasteiger partial charge on any atom is -0.363 e. The summed E-state index contributed by atoms with van der Waals surface area (Å²) in [6, 6.07) is 11.0. The molecule has 17 heavy (non-hydrogen) atoms. The number of benzene rings is 1. The van der Waals surface area contributed by atoms with Gasteiger partial charge in [-0.2, -0.15) is 0 Å². The Balaban J connectivity index is 1.86. The van der Waals surface area contributed by atoms with Crippen molar-refractivity contribution in [3.63, 3.8) is 0 Å². The highest BCUT2D eigenvalue weighted by Crippen LogP contribution is 2.33. The van der Waals surface area contributed by atoms with Gasteiger partial charge in [0, 0.05) is 6.20 Å². The Bertz CT molecular complexity index is 525. The van der Waals surface area contributed by atoms with Crippen LogP contribution in [-0.2, 0) is 6.42 Å². The summed E-state index contributed by atoms with van der Waals surface area (Å²) in [5.41, 5.74) is 2.30. The quantitative estimate of drug-likeness (QED) is 0.852. The van der Waals surface area contributed by atoms with Gasteiger partial charge < -0.3 is 5.32 Å². The molecular weight excluding hydrogens is 215 g/mol. The van der Waals surface area contributed by atoms with Gasteiger partial charge in [-0.1, -0.05) is 12.1 Å². The summed E-state index contributed by atoms with van der Waals surface area (Å²) in [5, 5.41) is 3.35. The molecule has 1 aliphatic rings. The van der Waals surface area contributed by atoms with Crippen molar-refractivity contribution in [1.82, 2.24) is 4.98 Å². The molecule has 86 valence electrons. The molecule has 1 aromatic heterocycles. The summed E-state index contributed by atoms with van der Waals surface area (Å²) in [4.78, 5) is 4.23. The molecule has 0 bridgehead atoms. The lowest BCUT2D eigenvalue weighted by molar-refractivity contribution is 0.624. The summed E-state index contributed by atoms with van der Waals surface area (Å²) in [6.07, 6.45) is 3.75. The van der Waals surface area contributed by atoms with Crippen LogP contribution in [0, 0.1) is 5.82 Å². The third kappa shape index (κ3) is 2.00. The number of pyridine rings is 1. The van der Waals surface area contributed by atoms with E-state index in [1.807, 2.05) is 24.3 Å². The molecule has 0 radical (unpaired) electrons. The third-order valence-electron chi connectivity index (χ3n) is 3.17. The van der Waals surface area contributed by atoms with Crippen molar-refractivity contribution in [2.45, 2.75) is 18.9 Å². The molecule has 2 aromatic rings. The fourth-order valence-corrected chi connectivity index (χ4v) is 2.35. The lowest BCUT2D eigenvalue weighted by atomic mass is 10.1. The number of hydrogen-bond donors (Lipinski definition) is 1. The standard InChI is InChI=1S/C14H13FN2/c15-11-6-4-10-5-7-13(12(10)9-11)17-14-3-1-2-8-16-14/h1-4,6,8-9,13H,5,7H2,(H,16,17). The van der Waals surface area contributed by atoms with Gasteiger partial charge >= 0.3 is 0 Å². The SMILES string of the molecule is Fc1ccc2c(c1)C(Nc1ccccn1)CC2. The molecule has 0 fully saturated rings. The van der Waals surface area contributed by atoms with Gasteiger partial charge in [0.15, 0.2) is 0 Å². The third-order valence-corrected chi connectivity index (χ3v) is 3.17. The summed E-state index contributed by atoms with van der Waals surface area (Å²) >= 11 is 0. The Labute approximate surface area is 99.5 Å². The number of nitrogens with zero attached hydrogens (tertiary/aromatic N) is 1. The van der Waals surface area contributed by atoms with Crippen LogP contribution in [0.3, 0.4) is 0 Å². The summed E-state index contributed by atoms with van der Waals surface area (Å²) < 4.78 is 13.2. The zero-order valence-corrected chi connectivity index (χ0v) is 9.36. The fourth-order valence-electron chi connectivity index (χ4n) is 2.35. The zero-order valence-electron chi connectivity index (χ0n) is 9.36. The van der Waals surface area contributed by atoms with Crippen LogP contribution in [0.4, 0.5) is 10.2 Å². The molecule has 1 heterocycles. The number of halogens is 1. The van der Waals surface area contributed by atoms with E-state index in [2.05, 4.69) is 10.3 Å². The first kappa shape index (κ1) is 10.3. The van der Waals surface area contributed by atoms with Crippen molar-refractivity contribution in [3.05, 3.63) is 59.5 Å². The van der Waals surface area contributed by atoms with Gasteiger partial charge in [0.1, 0.15) is 11.6 Å². The van der Waals surface area contributed by atoms with Gasteiger partial charge in [0.05, 0.1) is 6.04 Å². The van der Waals surface area contributed by atoms with Gasteiger partial charge in [-0.25, -0.2) is 9.37 Å². The average molecular weight is 228 g/mol. The molecular formula is C14H13FN2. The molecule has 0 saturated heterocycles. The Hall–Kier alpha value is -1.90. The molecule has 1 N–H and O–H groups in total. The van der Waals surface area contributed by atoms with E-state index >= 15 is 0 Å². The second-order valence-electron chi connectivity index (χ2n) is 4.29. The molecule has 0 saturated carbocycles. The lowest BCUT2D eigenvalue weighted by Gasteiger charge is -2.14. The number of fused-ring (bicyclic) bond motifs is 1. The van der Waals surface area contributed by atoms with Gasteiger partial charge in [0.25, 0.3) is 0 Å². The molecule has 1 unspecified atom stereocenters. The van der Waals surface area contributed by atoms with Gasteiger partial charge in [-0.3, -0.25) is 0 Å². The van der Waals surface area contributed by atoms with Gasteiger partial charge in [0.2, 0.25) is 0 Å². The minimum atomic E-state index is -0.168. The monoisotopic (exact) mass is 228 g/mol. The predicted octanol–water partition coefficient (Wildman–Crippen LogP) is 3.32. The highest BCUT2D eigenvalue weighted by Gasteiger charge is 2.22. The van der Waals surface area contributed by atoms with E-state index in [9.17, 15) is 4.39 Å². The summed E-state index contributed by atoms with van der Waals surface area (Å²) in [5.74, 6) is 0.674. The molecule has 2 nitrogen and oxygen atoms in total. The molecule has 1 aliphatic carbocycles. The number of aromatic nitrogens is 1. The smallest absolute Gasteiger partial charge is 0.126 e. The van der Waals surface area contributed by atoms with Crippen LogP contribution in [0.2, 0.25) is 0 Å². The summed E-state index contributed by atoms with van der Waals surface area (Å²) in [6.45, 7) is 0. The maximum Gasteiger partial charge on any atom is 0.126 e. The minimum absolute atomic E-state index is 0.168. The van der Waals surface area contributed by atoms with Crippen LogP contribution in [0.5, 0.6) is 0 Å². The molecule has 3 heteroatoms. The van der Waals surface area contributed by atoms with Crippen molar-refractivity contribution in [3.8, 4) is 0 Å². The van der Waals surface area contributed by atoms with Crippen molar-refractivity contribution in [1.29, 1.82) is 0 Å². The number of anilines is 1. The Morgan fingerprint density at radius 2 is 2.18 bits per heavy atom. The summed E-state index contributed by atoms with van der Waals surface area (Å²) in [7, 11) is 0. The molecule has 0 spiro atoms. The predicted molar refractivity (Wildman–Crippen MR) is 65.3 cm³/mol. The number of nitrogens with one attached hydrogen (secondary N) is 1. The number of rotatable bonds is 2. The van der Waals surface area contributed by atoms with Crippen LogP contribution in [0.1, 0.15) is 23.6 Å². The van der Waals surface area contributed by atoms with E-state index in [0.29, 0.717) is 0 Å². The zero-order chi connectivity index (χ0) is 11.7. The Morgan fingerprint density at radius 3 is 3.00 bits per heavy atom. The maximum atomic E-state index is 13.2. The molecule has 1 aromatic carbocycles. The van der Waals surface area contributed by atoms with Crippen LogP contribution < -0.4 is 5.32 Å². The van der Waals surface area contributed by atoms with E-state index in [1.54, 1.807) is 12.3 Å². The molecule has 0 aliphatic heterocycles. The van der Waals surface area contributed by atoms with Crippen LogP contribution in [0.25, 0.3) is 0 Å². The highest BCUT2D eigenvalue weighted by atomic mass is 19.1. The van der Waals surface area contributed by atoms with Gasteiger partial charge in [-0.15, -0.1) is 0 Å². The van der Waals surface area contributed by atoms with Gasteiger partial charge in [-0.05, 0) is 48.2 Å². The van der Waals surface area contributed by atoms with Crippen molar-refractivity contribution < 1.29 is 4.39 Å². The first-order chi connectivity index (χ1) is 8.33. The second kappa shape index (κ2) is 4.17. The number of hydrogen-bond acceptors (Lipinski definition) is 2. The fraction of sp³-hybridized carbons (Fsp3) is 0.214. The van der Waals surface area contributed by atoms with Crippen molar-refractivity contribution in [2.75, 3.05) is 5.32 Å². The molecule has 3 rings (SSSR count). The van der Waals surface area contributed by atoms with E-state index in [1.165, 1.54) is 11.6 Å². The van der Waals surface area contributed by atoms with Crippen LogP contribution in [-0.4, -0.2) is 4.98 Å². The van der Waals surface area contributed by atoms with E-state index in [4.69, 9.17) is 0 Å². The molecule has 1 atom stereocenters. The van der Waals surface area contributed by atoms with E-state index < -0.39 is 0 Å². The Kier molecular flexibility index (Phi) is 2.52. The topological polar surface area (TPSA) is 24.9 Å². The van der Waals surface area contributed by atoms with Crippen LogP contribution in [0.15, 0.2) is 42.6 Å². The Morgan fingerprint density at radius 1 is 1.24 bits per heavy atom. The first-order valence-corrected chi connectivity index (χ1v) is 5.79. The lowest BCUT2D eigenvalue weighted by Crippen LogP contribution is -2.08. The highest BCUT2D eigenvalue weighted by molar-refractivity contribution is 5.43.